The van der Waals surface area contributed by atoms with Crippen molar-refractivity contribution in [2.45, 2.75) is 0 Å². The molecule has 0 aliphatic heterocycles. The highest BCUT2D eigenvalue weighted by Crippen LogP contribution is 2.20. The van der Waals surface area contributed by atoms with Gasteiger partial charge in [0.25, 0.3) is 0 Å². The zero-order valence-electron chi connectivity index (χ0n) is 5.97. The average molecular weight is 199 g/mol. The molecule has 0 aliphatic carbocycles. The second-order valence-electron chi connectivity index (χ2n) is 2.10. The molecule has 0 fully saturated rings. The molecule has 3 heteroatoms. The van der Waals surface area contributed by atoms with Crippen LogP contribution < -0.4 is 0 Å². The number of terminal acetylenes is 1. The Balaban J connectivity index is 3.25. The molecule has 0 saturated heterocycles. The predicted molar refractivity (Wildman–Crippen MR) is 49.6 cm³/mol. The summed E-state index contributed by atoms with van der Waals surface area (Å²) in [4.78, 5) is 11.0. The smallest absolute Gasteiger partial charge is 0.237 e. The van der Waals surface area contributed by atoms with Gasteiger partial charge in [-0.15, -0.1) is 6.42 Å². The van der Waals surface area contributed by atoms with Gasteiger partial charge < -0.3 is 0 Å². The molecule has 1 rings (SSSR count). The molecule has 1 aromatic carbocycles. The first-order valence-electron chi connectivity index (χ1n) is 3.11. The van der Waals surface area contributed by atoms with Crippen molar-refractivity contribution in [1.82, 2.24) is 0 Å². The SMILES string of the molecule is C#CC(=O)c1cc(Cl)ccc1Cl. The fraction of sp³-hybridized carbons (Fsp3) is 0. The van der Waals surface area contributed by atoms with Crippen molar-refractivity contribution in [1.29, 1.82) is 0 Å². The minimum absolute atomic E-state index is 0.270. The zero-order chi connectivity index (χ0) is 9.14. The van der Waals surface area contributed by atoms with Gasteiger partial charge in [0.2, 0.25) is 5.78 Å². The molecule has 0 spiro atoms. The summed E-state index contributed by atoms with van der Waals surface area (Å²) in [5, 5.41) is 0.764. The van der Waals surface area contributed by atoms with E-state index in [0.29, 0.717) is 10.0 Å². The number of hydrogen-bond acceptors (Lipinski definition) is 1. The summed E-state index contributed by atoms with van der Waals surface area (Å²) in [6.07, 6.45) is 4.92. The van der Waals surface area contributed by atoms with E-state index in [0.717, 1.165) is 0 Å². The topological polar surface area (TPSA) is 17.1 Å². The van der Waals surface area contributed by atoms with Crippen LogP contribution in [0.25, 0.3) is 0 Å². The lowest BCUT2D eigenvalue weighted by Gasteiger charge is -1.97. The van der Waals surface area contributed by atoms with Gasteiger partial charge in [0, 0.05) is 5.02 Å². The van der Waals surface area contributed by atoms with Crippen LogP contribution in [0.4, 0.5) is 0 Å². The van der Waals surface area contributed by atoms with Gasteiger partial charge >= 0.3 is 0 Å². The van der Waals surface area contributed by atoms with Crippen molar-refractivity contribution in [2.24, 2.45) is 0 Å². The van der Waals surface area contributed by atoms with Crippen LogP contribution in [0.2, 0.25) is 10.0 Å². The third-order valence-electron chi connectivity index (χ3n) is 1.30. The molecule has 0 N–H and O–H groups in total. The Morgan fingerprint density at radius 3 is 2.67 bits per heavy atom. The number of Topliss-reactive ketones (excluding diaryl/α,β-unsaturated/α-hetero) is 1. The van der Waals surface area contributed by atoms with Gasteiger partial charge in [0.15, 0.2) is 0 Å². The summed E-state index contributed by atoms with van der Waals surface area (Å²) in [6, 6.07) is 4.58. The van der Waals surface area contributed by atoms with Crippen molar-refractivity contribution in [3.8, 4) is 12.3 Å². The number of ketones is 1. The van der Waals surface area contributed by atoms with Gasteiger partial charge in [-0.2, -0.15) is 0 Å². The van der Waals surface area contributed by atoms with Gasteiger partial charge in [0.05, 0.1) is 10.6 Å². The van der Waals surface area contributed by atoms with E-state index in [1.165, 1.54) is 12.1 Å². The zero-order valence-corrected chi connectivity index (χ0v) is 7.49. The Bertz CT molecular complexity index is 363. The Morgan fingerprint density at radius 2 is 2.08 bits per heavy atom. The molecule has 0 amide bonds. The maximum atomic E-state index is 11.0. The van der Waals surface area contributed by atoms with Crippen molar-refractivity contribution < 1.29 is 4.79 Å². The molecule has 0 atom stereocenters. The van der Waals surface area contributed by atoms with Crippen LogP contribution in [0.3, 0.4) is 0 Å². The third kappa shape index (κ3) is 1.79. The van der Waals surface area contributed by atoms with E-state index < -0.39 is 5.78 Å². The molecule has 0 unspecified atom stereocenters. The second kappa shape index (κ2) is 3.62. The molecule has 0 heterocycles. The third-order valence-corrected chi connectivity index (χ3v) is 1.87. The Kier molecular flexibility index (Phi) is 2.75. The monoisotopic (exact) mass is 198 g/mol. The number of halogens is 2. The largest absolute Gasteiger partial charge is 0.279 e. The maximum Gasteiger partial charge on any atom is 0.237 e. The Labute approximate surface area is 80.3 Å². The van der Waals surface area contributed by atoms with Crippen LogP contribution in [0, 0.1) is 12.3 Å². The van der Waals surface area contributed by atoms with Gasteiger partial charge in [-0.1, -0.05) is 23.2 Å². The van der Waals surface area contributed by atoms with Crippen LogP contribution in [-0.2, 0) is 0 Å². The van der Waals surface area contributed by atoms with E-state index in [2.05, 4.69) is 0 Å². The predicted octanol–water partition coefficient (Wildman–Crippen LogP) is 2.81. The highest BCUT2D eigenvalue weighted by Gasteiger charge is 2.07. The molecule has 0 radical (unpaired) electrons. The van der Waals surface area contributed by atoms with E-state index >= 15 is 0 Å². The molecule has 1 aromatic rings. The van der Waals surface area contributed by atoms with E-state index in [4.69, 9.17) is 29.6 Å². The van der Waals surface area contributed by atoms with Crippen LogP contribution in [0.15, 0.2) is 18.2 Å². The van der Waals surface area contributed by atoms with Crippen molar-refractivity contribution in [3.05, 3.63) is 33.8 Å². The average Bonchev–Trinajstić information content (AvgIpc) is 2.08. The summed E-state index contributed by atoms with van der Waals surface area (Å²) in [6.45, 7) is 0. The Morgan fingerprint density at radius 1 is 1.42 bits per heavy atom. The highest BCUT2D eigenvalue weighted by molar-refractivity contribution is 6.36. The summed E-state index contributed by atoms with van der Waals surface area (Å²) >= 11 is 11.3. The summed E-state index contributed by atoms with van der Waals surface area (Å²) in [5.41, 5.74) is 0.270. The van der Waals surface area contributed by atoms with Gasteiger partial charge in [-0.25, -0.2) is 0 Å². The highest BCUT2D eigenvalue weighted by atomic mass is 35.5. The van der Waals surface area contributed by atoms with E-state index in [-0.39, 0.29) is 5.56 Å². The second-order valence-corrected chi connectivity index (χ2v) is 2.94. The molecule has 0 aromatic heterocycles. The fourth-order valence-corrected chi connectivity index (χ4v) is 1.12. The lowest BCUT2D eigenvalue weighted by atomic mass is 10.1. The summed E-state index contributed by atoms with van der Waals surface area (Å²) < 4.78 is 0. The number of hydrogen-bond donors (Lipinski definition) is 0. The van der Waals surface area contributed by atoms with Crippen molar-refractivity contribution in [2.75, 3.05) is 0 Å². The van der Waals surface area contributed by atoms with E-state index in [1.807, 2.05) is 5.92 Å². The van der Waals surface area contributed by atoms with Crippen molar-refractivity contribution >= 4 is 29.0 Å². The standard InChI is InChI=1S/C9H4Cl2O/c1-2-9(12)7-5-6(10)3-4-8(7)11/h1,3-5H. The Hall–Kier alpha value is -0.970. The first kappa shape index (κ1) is 9.12. The first-order chi connectivity index (χ1) is 5.65. The number of benzene rings is 1. The number of carbonyl (C=O) groups is 1. The van der Waals surface area contributed by atoms with Crippen molar-refractivity contribution in [3.63, 3.8) is 0 Å². The molecule has 1 nitrogen and oxygen atoms in total. The van der Waals surface area contributed by atoms with Gasteiger partial charge in [-0.05, 0) is 24.1 Å². The van der Waals surface area contributed by atoms with E-state index in [9.17, 15) is 4.79 Å². The quantitative estimate of drug-likeness (QED) is 0.386. The van der Waals surface area contributed by atoms with Crippen LogP contribution in [0.1, 0.15) is 10.4 Å². The lowest BCUT2D eigenvalue weighted by Crippen LogP contribution is -1.95. The lowest BCUT2D eigenvalue weighted by molar-refractivity contribution is 0.105. The molecular weight excluding hydrogens is 195 g/mol. The van der Waals surface area contributed by atoms with Crippen LogP contribution in [-0.4, -0.2) is 5.78 Å². The maximum absolute atomic E-state index is 11.0. The van der Waals surface area contributed by atoms with Crippen LogP contribution in [0.5, 0.6) is 0 Å². The summed E-state index contributed by atoms with van der Waals surface area (Å²) in [7, 11) is 0. The molecule has 60 valence electrons. The fourth-order valence-electron chi connectivity index (χ4n) is 0.749. The first-order valence-corrected chi connectivity index (χ1v) is 3.86. The normalized spacial score (nSPS) is 9.08. The van der Waals surface area contributed by atoms with Crippen LogP contribution >= 0.6 is 23.2 Å². The minimum Gasteiger partial charge on any atom is -0.279 e. The number of carbonyl (C=O) groups excluding carboxylic acids is 1. The molecular formula is C9H4Cl2O. The molecule has 0 aliphatic rings. The van der Waals surface area contributed by atoms with Gasteiger partial charge in [0.1, 0.15) is 0 Å². The molecule has 0 bridgehead atoms. The van der Waals surface area contributed by atoms with E-state index in [1.54, 1.807) is 6.07 Å². The summed E-state index contributed by atoms with van der Waals surface area (Å²) in [5.74, 6) is 1.51. The minimum atomic E-state index is -0.456. The molecule has 0 saturated carbocycles. The number of rotatable bonds is 1. The van der Waals surface area contributed by atoms with Gasteiger partial charge in [-0.3, -0.25) is 4.79 Å². The molecule has 12 heavy (non-hydrogen) atoms.